The molecular weight excluding hydrogens is 190 g/mol. The van der Waals surface area contributed by atoms with Gasteiger partial charge in [0.1, 0.15) is 0 Å². The summed E-state index contributed by atoms with van der Waals surface area (Å²) in [5.41, 5.74) is 0.274. The van der Waals surface area contributed by atoms with E-state index in [0.717, 1.165) is 52.0 Å². The maximum Gasteiger partial charge on any atom is 0.170 e. The van der Waals surface area contributed by atoms with E-state index in [1.54, 1.807) is 0 Å². The standard InChI is InChI=1S/C12H23NO2/c1-3-11(4-2)9-14-12(15-10-11)5-7-13-8-6-12/h13H,3-10H2,1-2H3. The minimum atomic E-state index is -0.251. The van der Waals surface area contributed by atoms with Gasteiger partial charge in [-0.1, -0.05) is 13.8 Å². The Hall–Kier alpha value is -0.120. The summed E-state index contributed by atoms with van der Waals surface area (Å²) in [6.45, 7) is 8.25. The summed E-state index contributed by atoms with van der Waals surface area (Å²) in [5, 5.41) is 3.35. The van der Waals surface area contributed by atoms with Crippen molar-refractivity contribution in [3.63, 3.8) is 0 Å². The fraction of sp³-hybridized carbons (Fsp3) is 1.00. The summed E-state index contributed by atoms with van der Waals surface area (Å²) in [6.07, 6.45) is 4.29. The molecule has 88 valence electrons. The van der Waals surface area contributed by atoms with Crippen molar-refractivity contribution in [2.45, 2.75) is 45.3 Å². The smallest absolute Gasteiger partial charge is 0.170 e. The summed E-state index contributed by atoms with van der Waals surface area (Å²) in [4.78, 5) is 0. The molecule has 1 N–H and O–H groups in total. The van der Waals surface area contributed by atoms with Crippen molar-refractivity contribution in [3.05, 3.63) is 0 Å². The van der Waals surface area contributed by atoms with Crippen molar-refractivity contribution in [1.82, 2.24) is 5.32 Å². The highest BCUT2D eigenvalue weighted by atomic mass is 16.7. The maximum absolute atomic E-state index is 6.04. The van der Waals surface area contributed by atoms with Gasteiger partial charge in [0.15, 0.2) is 5.79 Å². The van der Waals surface area contributed by atoms with Gasteiger partial charge in [0, 0.05) is 31.3 Å². The van der Waals surface area contributed by atoms with Crippen molar-refractivity contribution >= 4 is 0 Å². The lowest BCUT2D eigenvalue weighted by molar-refractivity contribution is -0.313. The van der Waals surface area contributed by atoms with Gasteiger partial charge in [-0.15, -0.1) is 0 Å². The molecule has 0 amide bonds. The van der Waals surface area contributed by atoms with Crippen molar-refractivity contribution in [2.75, 3.05) is 26.3 Å². The lowest BCUT2D eigenvalue weighted by atomic mass is 9.83. The first-order valence-corrected chi connectivity index (χ1v) is 6.23. The molecule has 3 heteroatoms. The van der Waals surface area contributed by atoms with Crippen LogP contribution in [0.15, 0.2) is 0 Å². The number of ether oxygens (including phenoxy) is 2. The van der Waals surface area contributed by atoms with E-state index in [1.807, 2.05) is 0 Å². The minimum absolute atomic E-state index is 0.251. The van der Waals surface area contributed by atoms with E-state index in [1.165, 1.54) is 0 Å². The van der Waals surface area contributed by atoms with Crippen LogP contribution in [0.25, 0.3) is 0 Å². The van der Waals surface area contributed by atoms with Gasteiger partial charge < -0.3 is 14.8 Å². The fourth-order valence-electron chi connectivity index (χ4n) is 2.41. The van der Waals surface area contributed by atoms with Crippen LogP contribution in [-0.4, -0.2) is 32.1 Å². The minimum Gasteiger partial charge on any atom is -0.349 e. The third-order valence-corrected chi connectivity index (χ3v) is 4.15. The molecule has 0 radical (unpaired) electrons. The average Bonchev–Trinajstić information content (AvgIpc) is 2.32. The molecule has 1 spiro atoms. The van der Waals surface area contributed by atoms with Gasteiger partial charge in [-0.3, -0.25) is 0 Å². The van der Waals surface area contributed by atoms with Crippen LogP contribution >= 0.6 is 0 Å². The first kappa shape index (κ1) is 11.4. The molecule has 0 bridgehead atoms. The normalized spacial score (nSPS) is 29.2. The van der Waals surface area contributed by atoms with Gasteiger partial charge in [-0.2, -0.15) is 0 Å². The highest BCUT2D eigenvalue weighted by Crippen LogP contribution is 2.38. The van der Waals surface area contributed by atoms with E-state index in [2.05, 4.69) is 19.2 Å². The monoisotopic (exact) mass is 213 g/mol. The average molecular weight is 213 g/mol. The third kappa shape index (κ3) is 2.19. The summed E-state index contributed by atoms with van der Waals surface area (Å²) in [5.74, 6) is -0.251. The zero-order chi connectivity index (χ0) is 10.8. The molecule has 2 aliphatic heterocycles. The van der Waals surface area contributed by atoms with Crippen LogP contribution in [0.3, 0.4) is 0 Å². The van der Waals surface area contributed by atoms with E-state index in [0.29, 0.717) is 0 Å². The zero-order valence-corrected chi connectivity index (χ0v) is 9.97. The lowest BCUT2D eigenvalue weighted by Gasteiger charge is -2.47. The molecule has 0 aromatic carbocycles. The first-order chi connectivity index (χ1) is 7.24. The zero-order valence-electron chi connectivity index (χ0n) is 9.97. The second-order valence-corrected chi connectivity index (χ2v) is 4.95. The number of piperidine rings is 1. The van der Waals surface area contributed by atoms with Crippen LogP contribution in [0.4, 0.5) is 0 Å². The summed E-state index contributed by atoms with van der Waals surface area (Å²) in [7, 11) is 0. The van der Waals surface area contributed by atoms with E-state index in [9.17, 15) is 0 Å². The molecule has 0 aromatic heterocycles. The van der Waals surface area contributed by atoms with Gasteiger partial charge >= 0.3 is 0 Å². The van der Waals surface area contributed by atoms with Crippen LogP contribution in [0.5, 0.6) is 0 Å². The molecular formula is C12H23NO2. The molecule has 0 atom stereocenters. The van der Waals surface area contributed by atoms with Gasteiger partial charge in [0.25, 0.3) is 0 Å². The Morgan fingerprint density at radius 2 is 1.53 bits per heavy atom. The Balaban J connectivity index is 1.95. The maximum atomic E-state index is 6.04. The lowest BCUT2D eigenvalue weighted by Crippen LogP contribution is -2.53. The SMILES string of the molecule is CCC1(CC)COC2(CCNCC2)OC1. The van der Waals surface area contributed by atoms with E-state index >= 15 is 0 Å². The predicted molar refractivity (Wildman–Crippen MR) is 59.8 cm³/mol. The largest absolute Gasteiger partial charge is 0.349 e. The topological polar surface area (TPSA) is 30.5 Å². The summed E-state index contributed by atoms with van der Waals surface area (Å²) < 4.78 is 12.1. The fourth-order valence-corrected chi connectivity index (χ4v) is 2.41. The van der Waals surface area contributed by atoms with Gasteiger partial charge in [-0.05, 0) is 12.8 Å². The Labute approximate surface area is 92.5 Å². The number of rotatable bonds is 2. The van der Waals surface area contributed by atoms with Gasteiger partial charge in [-0.25, -0.2) is 0 Å². The predicted octanol–water partition coefficient (Wildman–Crippen LogP) is 1.92. The molecule has 0 unspecified atom stereocenters. The summed E-state index contributed by atoms with van der Waals surface area (Å²) in [6, 6.07) is 0. The van der Waals surface area contributed by atoms with E-state index in [4.69, 9.17) is 9.47 Å². The summed E-state index contributed by atoms with van der Waals surface area (Å²) >= 11 is 0. The molecule has 15 heavy (non-hydrogen) atoms. The van der Waals surface area contributed by atoms with Crippen molar-refractivity contribution in [3.8, 4) is 0 Å². The third-order valence-electron chi connectivity index (χ3n) is 4.15. The van der Waals surface area contributed by atoms with Crippen LogP contribution in [-0.2, 0) is 9.47 Å². The first-order valence-electron chi connectivity index (χ1n) is 6.23. The molecule has 2 saturated heterocycles. The molecule has 2 rings (SSSR count). The second-order valence-electron chi connectivity index (χ2n) is 4.95. The van der Waals surface area contributed by atoms with Crippen molar-refractivity contribution in [1.29, 1.82) is 0 Å². The van der Waals surface area contributed by atoms with Crippen molar-refractivity contribution < 1.29 is 9.47 Å². The van der Waals surface area contributed by atoms with Crippen LogP contribution < -0.4 is 5.32 Å². The quantitative estimate of drug-likeness (QED) is 0.760. The number of nitrogens with one attached hydrogen (secondary N) is 1. The van der Waals surface area contributed by atoms with E-state index in [-0.39, 0.29) is 11.2 Å². The molecule has 2 aliphatic rings. The molecule has 2 fully saturated rings. The molecule has 0 aliphatic carbocycles. The molecule has 0 saturated carbocycles. The molecule has 2 heterocycles. The van der Waals surface area contributed by atoms with Gasteiger partial charge in [0.05, 0.1) is 13.2 Å². The molecule has 0 aromatic rings. The van der Waals surface area contributed by atoms with E-state index < -0.39 is 0 Å². The van der Waals surface area contributed by atoms with Crippen LogP contribution in [0.2, 0.25) is 0 Å². The number of hydrogen-bond donors (Lipinski definition) is 1. The second kappa shape index (κ2) is 4.40. The van der Waals surface area contributed by atoms with Crippen molar-refractivity contribution in [2.24, 2.45) is 5.41 Å². The Morgan fingerprint density at radius 3 is 2.00 bits per heavy atom. The Morgan fingerprint density at radius 1 is 1.00 bits per heavy atom. The Bertz CT molecular complexity index is 196. The molecule has 3 nitrogen and oxygen atoms in total. The number of hydrogen-bond acceptors (Lipinski definition) is 3. The van der Waals surface area contributed by atoms with Gasteiger partial charge in [0.2, 0.25) is 0 Å². The highest BCUT2D eigenvalue weighted by Gasteiger charge is 2.43. The van der Waals surface area contributed by atoms with Crippen LogP contribution in [0.1, 0.15) is 39.5 Å². The Kier molecular flexibility index (Phi) is 3.33. The van der Waals surface area contributed by atoms with Crippen LogP contribution in [0, 0.1) is 5.41 Å². The highest BCUT2D eigenvalue weighted by molar-refractivity contribution is 4.87.